The van der Waals surface area contributed by atoms with Gasteiger partial charge in [0.1, 0.15) is 0 Å². The number of hydrogen-bond donors (Lipinski definition) is 1. The first kappa shape index (κ1) is 16.8. The molecular formula is C14H27F3N2. The molecule has 1 fully saturated rings. The van der Waals surface area contributed by atoms with E-state index in [1.54, 1.807) is 0 Å². The molecule has 0 amide bonds. The third-order valence-corrected chi connectivity index (χ3v) is 3.91. The lowest BCUT2D eigenvalue weighted by Gasteiger charge is -2.36. The minimum absolute atomic E-state index is 0.257. The van der Waals surface area contributed by atoms with Crippen molar-refractivity contribution < 1.29 is 13.2 Å². The van der Waals surface area contributed by atoms with Gasteiger partial charge in [0.05, 0.1) is 5.92 Å². The second-order valence-corrected chi connectivity index (χ2v) is 6.09. The lowest BCUT2D eigenvalue weighted by molar-refractivity contribution is -0.186. The van der Waals surface area contributed by atoms with Crippen LogP contribution in [0.1, 0.15) is 40.0 Å². The molecule has 0 bridgehead atoms. The molecule has 1 atom stereocenters. The summed E-state index contributed by atoms with van der Waals surface area (Å²) in [5, 5.41) is 3.38. The highest BCUT2D eigenvalue weighted by atomic mass is 19.4. The van der Waals surface area contributed by atoms with Gasteiger partial charge >= 0.3 is 6.18 Å². The summed E-state index contributed by atoms with van der Waals surface area (Å²) in [5.74, 6) is -0.451. The highest BCUT2D eigenvalue weighted by Gasteiger charge is 2.41. The van der Waals surface area contributed by atoms with E-state index >= 15 is 0 Å². The minimum Gasteiger partial charge on any atom is -0.316 e. The molecule has 19 heavy (non-hydrogen) atoms. The Kier molecular flexibility index (Phi) is 6.60. The summed E-state index contributed by atoms with van der Waals surface area (Å²) in [7, 11) is 0. The average molecular weight is 280 g/mol. The maximum absolute atomic E-state index is 12.6. The van der Waals surface area contributed by atoms with Crippen molar-refractivity contribution >= 4 is 0 Å². The van der Waals surface area contributed by atoms with Gasteiger partial charge in [-0.1, -0.05) is 13.8 Å². The number of halogens is 3. The molecule has 0 aromatic carbocycles. The molecule has 0 aromatic heterocycles. The van der Waals surface area contributed by atoms with Crippen molar-refractivity contribution in [3.05, 3.63) is 0 Å². The van der Waals surface area contributed by atoms with Crippen LogP contribution >= 0.6 is 0 Å². The summed E-state index contributed by atoms with van der Waals surface area (Å²) in [5.41, 5.74) is 0. The standard InChI is InChI=1S/C14H27F3N2/c1-11(2)10-18-7-4-12(3)19-8-5-13(6-9-19)14(15,16)17/h11-13,18H,4-10H2,1-3H3. The van der Waals surface area contributed by atoms with Gasteiger partial charge in [-0.15, -0.1) is 0 Å². The topological polar surface area (TPSA) is 15.3 Å². The van der Waals surface area contributed by atoms with Gasteiger partial charge in [-0.2, -0.15) is 13.2 Å². The van der Waals surface area contributed by atoms with E-state index in [1.165, 1.54) is 0 Å². The molecule has 0 saturated carbocycles. The van der Waals surface area contributed by atoms with E-state index < -0.39 is 12.1 Å². The van der Waals surface area contributed by atoms with E-state index in [0.717, 1.165) is 19.5 Å². The number of hydrogen-bond acceptors (Lipinski definition) is 2. The molecule has 0 spiro atoms. The van der Waals surface area contributed by atoms with Crippen LogP contribution in [0.4, 0.5) is 13.2 Å². The van der Waals surface area contributed by atoms with E-state index in [-0.39, 0.29) is 12.8 Å². The molecule has 1 aliphatic rings. The molecule has 5 heteroatoms. The lowest BCUT2D eigenvalue weighted by Crippen LogP contribution is -2.44. The zero-order valence-electron chi connectivity index (χ0n) is 12.3. The summed E-state index contributed by atoms with van der Waals surface area (Å²) < 4.78 is 37.7. The second kappa shape index (κ2) is 7.48. The second-order valence-electron chi connectivity index (χ2n) is 6.09. The molecule has 0 aromatic rings. The van der Waals surface area contributed by atoms with Crippen LogP contribution in [0.3, 0.4) is 0 Å². The Morgan fingerprint density at radius 2 is 1.74 bits per heavy atom. The molecule has 114 valence electrons. The Morgan fingerprint density at radius 1 is 1.16 bits per heavy atom. The number of nitrogens with zero attached hydrogens (tertiary/aromatic N) is 1. The van der Waals surface area contributed by atoms with Crippen LogP contribution in [0, 0.1) is 11.8 Å². The Hall–Kier alpha value is -0.290. The van der Waals surface area contributed by atoms with Gasteiger partial charge < -0.3 is 10.2 Å². The fourth-order valence-corrected chi connectivity index (χ4v) is 2.55. The van der Waals surface area contributed by atoms with Gasteiger partial charge in [0.15, 0.2) is 0 Å². The van der Waals surface area contributed by atoms with Gasteiger partial charge in [0.25, 0.3) is 0 Å². The Balaban J connectivity index is 2.20. The molecule has 1 heterocycles. The Bertz CT molecular complexity index is 246. The summed E-state index contributed by atoms with van der Waals surface area (Å²) in [6.07, 6.45) is -2.49. The fraction of sp³-hybridized carbons (Fsp3) is 1.00. The molecule has 1 saturated heterocycles. The van der Waals surface area contributed by atoms with E-state index in [1.807, 2.05) is 0 Å². The van der Waals surface area contributed by atoms with Crippen LogP contribution < -0.4 is 5.32 Å². The lowest BCUT2D eigenvalue weighted by atomic mass is 9.95. The third kappa shape index (κ3) is 6.13. The number of rotatable bonds is 6. The van der Waals surface area contributed by atoms with Crippen molar-refractivity contribution in [2.24, 2.45) is 11.8 Å². The van der Waals surface area contributed by atoms with Crippen LogP contribution in [0.15, 0.2) is 0 Å². The smallest absolute Gasteiger partial charge is 0.316 e. The van der Waals surface area contributed by atoms with Crippen molar-refractivity contribution in [3.8, 4) is 0 Å². The van der Waals surface area contributed by atoms with Crippen molar-refractivity contribution in [1.82, 2.24) is 10.2 Å². The first-order valence-electron chi connectivity index (χ1n) is 7.32. The largest absolute Gasteiger partial charge is 0.391 e. The van der Waals surface area contributed by atoms with E-state index in [4.69, 9.17) is 0 Å². The highest BCUT2D eigenvalue weighted by molar-refractivity contribution is 4.80. The third-order valence-electron chi connectivity index (χ3n) is 3.91. The monoisotopic (exact) mass is 280 g/mol. The van der Waals surface area contributed by atoms with Crippen molar-refractivity contribution in [1.29, 1.82) is 0 Å². The summed E-state index contributed by atoms with van der Waals surface area (Å²) >= 11 is 0. The van der Waals surface area contributed by atoms with Crippen molar-refractivity contribution in [2.75, 3.05) is 26.2 Å². The van der Waals surface area contributed by atoms with Gasteiger partial charge in [-0.3, -0.25) is 0 Å². The Labute approximate surface area is 114 Å². The number of piperidine rings is 1. The Morgan fingerprint density at radius 3 is 2.21 bits per heavy atom. The summed E-state index contributed by atoms with van der Waals surface area (Å²) in [6.45, 7) is 9.55. The maximum Gasteiger partial charge on any atom is 0.391 e. The SMILES string of the molecule is CC(C)CNCCC(C)N1CCC(C(F)(F)F)CC1. The highest BCUT2D eigenvalue weighted by Crippen LogP contribution is 2.34. The van der Waals surface area contributed by atoms with Crippen molar-refractivity contribution in [2.45, 2.75) is 52.3 Å². The maximum atomic E-state index is 12.6. The van der Waals surface area contributed by atoms with Gasteiger partial charge in [0, 0.05) is 6.04 Å². The van der Waals surface area contributed by atoms with Crippen LogP contribution in [0.5, 0.6) is 0 Å². The molecule has 1 rings (SSSR count). The first-order chi connectivity index (χ1) is 8.80. The number of nitrogens with one attached hydrogen (secondary N) is 1. The predicted molar refractivity (Wildman–Crippen MR) is 72.1 cm³/mol. The van der Waals surface area contributed by atoms with Gasteiger partial charge in [0.2, 0.25) is 0 Å². The number of likely N-dealkylation sites (tertiary alicyclic amines) is 1. The zero-order valence-corrected chi connectivity index (χ0v) is 12.3. The zero-order chi connectivity index (χ0) is 14.5. The average Bonchev–Trinajstić information content (AvgIpc) is 2.33. The summed E-state index contributed by atoms with van der Waals surface area (Å²) in [4.78, 5) is 2.19. The quantitative estimate of drug-likeness (QED) is 0.751. The van der Waals surface area contributed by atoms with E-state index in [0.29, 0.717) is 25.0 Å². The van der Waals surface area contributed by atoms with Gasteiger partial charge in [-0.05, 0) is 58.3 Å². The normalized spacial score (nSPS) is 21.0. The van der Waals surface area contributed by atoms with E-state index in [2.05, 4.69) is 31.0 Å². The molecular weight excluding hydrogens is 253 g/mol. The van der Waals surface area contributed by atoms with Crippen LogP contribution in [-0.4, -0.2) is 43.3 Å². The summed E-state index contributed by atoms with van der Waals surface area (Å²) in [6, 6.07) is 0.369. The molecule has 0 aliphatic carbocycles. The van der Waals surface area contributed by atoms with Crippen LogP contribution in [0.25, 0.3) is 0 Å². The van der Waals surface area contributed by atoms with Crippen LogP contribution in [-0.2, 0) is 0 Å². The molecule has 2 nitrogen and oxygen atoms in total. The fourth-order valence-electron chi connectivity index (χ4n) is 2.55. The molecule has 1 unspecified atom stereocenters. The van der Waals surface area contributed by atoms with E-state index in [9.17, 15) is 13.2 Å². The molecule has 1 N–H and O–H groups in total. The number of alkyl halides is 3. The van der Waals surface area contributed by atoms with Gasteiger partial charge in [-0.25, -0.2) is 0 Å². The molecule has 1 aliphatic heterocycles. The first-order valence-corrected chi connectivity index (χ1v) is 7.32. The van der Waals surface area contributed by atoms with Crippen LogP contribution in [0.2, 0.25) is 0 Å². The predicted octanol–water partition coefficient (Wildman–Crippen LogP) is 3.28. The molecule has 0 radical (unpaired) electrons. The van der Waals surface area contributed by atoms with Crippen molar-refractivity contribution in [3.63, 3.8) is 0 Å². The minimum atomic E-state index is -4.01.